The monoisotopic (exact) mass is 435 g/mol. The molecule has 0 spiro atoms. The third kappa shape index (κ3) is 5.21. The minimum atomic E-state index is -0.608. The molecule has 8 heteroatoms. The standard InChI is InChI=1S/C21H23Cl2N3O3/c1-29-21(28)18-11-17(20-15(23)9-14(22)10-16(20)25-18)26-19(27)8-13-4-2-12(3-5-13)6-7-24/h2-5,9-10,17-18,25H,6-8,11,24H2,1H3,(H,26,27). The molecule has 0 radical (unpaired) electrons. The highest BCUT2D eigenvalue weighted by Crippen LogP contribution is 2.40. The van der Waals surface area contributed by atoms with Crippen LogP contribution in [0.15, 0.2) is 36.4 Å². The SMILES string of the molecule is COC(=O)C1CC(NC(=O)Cc2ccc(CCN)cc2)c2c(Cl)cc(Cl)cc2N1. The fourth-order valence-electron chi connectivity index (χ4n) is 3.51. The number of ether oxygens (including phenoxy) is 1. The molecule has 0 bridgehead atoms. The number of carbonyl (C=O) groups is 2. The fourth-order valence-corrected chi connectivity index (χ4v) is 4.13. The lowest BCUT2D eigenvalue weighted by atomic mass is 9.92. The van der Waals surface area contributed by atoms with E-state index in [4.69, 9.17) is 33.7 Å². The molecule has 4 N–H and O–H groups in total. The van der Waals surface area contributed by atoms with E-state index in [9.17, 15) is 9.59 Å². The number of nitrogens with two attached hydrogens (primary N) is 1. The van der Waals surface area contributed by atoms with Gasteiger partial charge < -0.3 is 21.1 Å². The van der Waals surface area contributed by atoms with Crippen molar-refractivity contribution in [2.45, 2.75) is 31.3 Å². The number of nitrogens with one attached hydrogen (secondary N) is 2. The summed E-state index contributed by atoms with van der Waals surface area (Å²) in [5.74, 6) is -0.578. The first-order valence-electron chi connectivity index (χ1n) is 9.31. The van der Waals surface area contributed by atoms with E-state index in [1.165, 1.54) is 7.11 Å². The summed E-state index contributed by atoms with van der Waals surface area (Å²) in [7, 11) is 1.33. The minimum Gasteiger partial charge on any atom is -0.467 e. The summed E-state index contributed by atoms with van der Waals surface area (Å²) in [6, 6.07) is 10.1. The van der Waals surface area contributed by atoms with Gasteiger partial charge in [0.05, 0.1) is 19.6 Å². The highest BCUT2D eigenvalue weighted by Gasteiger charge is 2.34. The lowest BCUT2D eigenvalue weighted by Gasteiger charge is -2.33. The molecule has 0 fully saturated rings. The molecule has 0 saturated heterocycles. The molecular formula is C21H23Cl2N3O3. The van der Waals surface area contributed by atoms with Crippen molar-refractivity contribution >= 4 is 40.8 Å². The Morgan fingerprint density at radius 3 is 2.55 bits per heavy atom. The van der Waals surface area contributed by atoms with Gasteiger partial charge in [-0.15, -0.1) is 0 Å². The van der Waals surface area contributed by atoms with Crippen molar-refractivity contribution in [3.63, 3.8) is 0 Å². The number of anilines is 1. The summed E-state index contributed by atoms with van der Waals surface area (Å²) in [5.41, 5.74) is 8.91. The Hall–Kier alpha value is -2.28. The molecule has 2 aromatic rings. The van der Waals surface area contributed by atoms with Crippen LogP contribution in [0.5, 0.6) is 0 Å². The summed E-state index contributed by atoms with van der Waals surface area (Å²) < 4.78 is 4.86. The van der Waals surface area contributed by atoms with Crippen LogP contribution in [0.4, 0.5) is 5.69 Å². The zero-order valence-electron chi connectivity index (χ0n) is 16.0. The zero-order valence-corrected chi connectivity index (χ0v) is 17.5. The number of hydrogen-bond acceptors (Lipinski definition) is 5. The van der Waals surface area contributed by atoms with Gasteiger partial charge >= 0.3 is 5.97 Å². The van der Waals surface area contributed by atoms with E-state index in [-0.39, 0.29) is 12.3 Å². The number of benzene rings is 2. The van der Waals surface area contributed by atoms with E-state index in [0.29, 0.717) is 34.3 Å². The van der Waals surface area contributed by atoms with Crippen LogP contribution in [0, 0.1) is 0 Å². The smallest absolute Gasteiger partial charge is 0.328 e. The number of rotatable bonds is 6. The van der Waals surface area contributed by atoms with Gasteiger partial charge in [0.15, 0.2) is 0 Å². The van der Waals surface area contributed by atoms with E-state index in [0.717, 1.165) is 17.5 Å². The lowest BCUT2D eigenvalue weighted by molar-refractivity contribution is -0.142. The number of carbonyl (C=O) groups excluding carboxylic acids is 2. The van der Waals surface area contributed by atoms with Crippen LogP contribution < -0.4 is 16.4 Å². The average Bonchev–Trinajstić information content (AvgIpc) is 2.68. The number of methoxy groups -OCH3 is 1. The predicted octanol–water partition coefficient (Wildman–Crippen LogP) is 3.25. The summed E-state index contributed by atoms with van der Waals surface area (Å²) in [6.07, 6.45) is 1.34. The molecule has 2 aromatic carbocycles. The van der Waals surface area contributed by atoms with Crippen molar-refractivity contribution in [1.82, 2.24) is 5.32 Å². The average molecular weight is 436 g/mol. The third-order valence-electron chi connectivity index (χ3n) is 4.89. The van der Waals surface area contributed by atoms with Crippen LogP contribution >= 0.6 is 23.2 Å². The molecular weight excluding hydrogens is 413 g/mol. The quantitative estimate of drug-likeness (QED) is 0.605. The van der Waals surface area contributed by atoms with E-state index >= 15 is 0 Å². The molecule has 2 atom stereocenters. The highest BCUT2D eigenvalue weighted by atomic mass is 35.5. The van der Waals surface area contributed by atoms with Gasteiger partial charge in [-0.3, -0.25) is 4.79 Å². The van der Waals surface area contributed by atoms with Gasteiger partial charge in [-0.2, -0.15) is 0 Å². The first-order chi connectivity index (χ1) is 13.9. The Bertz CT molecular complexity index is 903. The summed E-state index contributed by atoms with van der Waals surface area (Å²) in [5, 5.41) is 6.96. The van der Waals surface area contributed by atoms with Crippen molar-refractivity contribution in [1.29, 1.82) is 0 Å². The molecule has 1 amide bonds. The molecule has 154 valence electrons. The second-order valence-corrected chi connectivity index (χ2v) is 7.80. The van der Waals surface area contributed by atoms with Crippen LogP contribution in [0.2, 0.25) is 10.0 Å². The Morgan fingerprint density at radius 2 is 1.90 bits per heavy atom. The van der Waals surface area contributed by atoms with Crippen molar-refractivity contribution in [3.05, 3.63) is 63.1 Å². The van der Waals surface area contributed by atoms with Crippen LogP contribution in [0.25, 0.3) is 0 Å². The first-order valence-corrected chi connectivity index (χ1v) is 10.1. The molecule has 2 unspecified atom stereocenters. The zero-order chi connectivity index (χ0) is 21.0. The number of amides is 1. The van der Waals surface area contributed by atoms with Crippen LogP contribution in [0.3, 0.4) is 0 Å². The fraction of sp³-hybridized carbons (Fsp3) is 0.333. The highest BCUT2D eigenvalue weighted by molar-refractivity contribution is 6.35. The maximum Gasteiger partial charge on any atom is 0.328 e. The van der Waals surface area contributed by atoms with Crippen molar-refractivity contribution < 1.29 is 14.3 Å². The minimum absolute atomic E-state index is 0.163. The molecule has 0 aliphatic carbocycles. The van der Waals surface area contributed by atoms with Crippen molar-refractivity contribution in [2.75, 3.05) is 19.0 Å². The number of halogens is 2. The molecule has 3 rings (SSSR count). The Kier molecular flexibility index (Phi) is 7.00. The number of hydrogen-bond donors (Lipinski definition) is 3. The Labute approximate surface area is 179 Å². The Morgan fingerprint density at radius 1 is 1.21 bits per heavy atom. The molecule has 0 saturated carbocycles. The number of fused-ring (bicyclic) bond motifs is 1. The maximum atomic E-state index is 12.7. The molecule has 1 aliphatic rings. The van der Waals surface area contributed by atoms with Crippen LogP contribution in [0.1, 0.15) is 29.2 Å². The largest absolute Gasteiger partial charge is 0.467 e. The van der Waals surface area contributed by atoms with Gasteiger partial charge in [0.2, 0.25) is 5.91 Å². The van der Waals surface area contributed by atoms with E-state index in [2.05, 4.69) is 10.6 Å². The Balaban J connectivity index is 1.77. The molecule has 6 nitrogen and oxygen atoms in total. The van der Waals surface area contributed by atoms with E-state index in [1.54, 1.807) is 12.1 Å². The summed E-state index contributed by atoms with van der Waals surface area (Å²) in [4.78, 5) is 24.8. The van der Waals surface area contributed by atoms with Gasteiger partial charge in [-0.05, 0) is 36.2 Å². The molecule has 29 heavy (non-hydrogen) atoms. The summed E-state index contributed by atoms with van der Waals surface area (Å²) in [6.45, 7) is 0.584. The first kappa shape index (κ1) is 21.4. The van der Waals surface area contributed by atoms with Crippen LogP contribution in [-0.4, -0.2) is 31.6 Å². The second-order valence-electron chi connectivity index (χ2n) is 6.96. The van der Waals surface area contributed by atoms with Crippen LogP contribution in [-0.2, 0) is 27.2 Å². The molecule has 1 aliphatic heterocycles. The van der Waals surface area contributed by atoms with Gasteiger partial charge in [-0.1, -0.05) is 47.5 Å². The third-order valence-corrected chi connectivity index (χ3v) is 5.42. The lowest BCUT2D eigenvalue weighted by Crippen LogP contribution is -2.42. The summed E-state index contributed by atoms with van der Waals surface area (Å²) >= 11 is 12.5. The maximum absolute atomic E-state index is 12.7. The predicted molar refractivity (Wildman–Crippen MR) is 114 cm³/mol. The topological polar surface area (TPSA) is 93.5 Å². The number of esters is 1. The van der Waals surface area contributed by atoms with Gasteiger partial charge in [0, 0.05) is 27.7 Å². The second kappa shape index (κ2) is 9.48. The van der Waals surface area contributed by atoms with Crippen molar-refractivity contribution in [3.8, 4) is 0 Å². The van der Waals surface area contributed by atoms with Gasteiger partial charge in [-0.25, -0.2) is 4.79 Å². The normalized spacial score (nSPS) is 17.8. The van der Waals surface area contributed by atoms with Crippen molar-refractivity contribution in [2.24, 2.45) is 5.73 Å². The van der Waals surface area contributed by atoms with E-state index < -0.39 is 18.1 Å². The van der Waals surface area contributed by atoms with E-state index in [1.807, 2.05) is 24.3 Å². The van der Waals surface area contributed by atoms with Gasteiger partial charge in [0.25, 0.3) is 0 Å². The van der Waals surface area contributed by atoms with Gasteiger partial charge in [0.1, 0.15) is 6.04 Å². The molecule has 1 heterocycles. The molecule has 0 aromatic heterocycles.